The van der Waals surface area contributed by atoms with Gasteiger partial charge in [0.05, 0.1) is 34.1 Å². The lowest BCUT2D eigenvalue weighted by Gasteiger charge is -2.37. The monoisotopic (exact) mass is 538 g/mol. The van der Waals surface area contributed by atoms with E-state index in [4.69, 9.17) is 14.2 Å². The topological polar surface area (TPSA) is 114 Å². The standard InChI is InChI=1S/C21H25F3N2O7S2/c1-20(35(29,30)15-5-3-4-14(8-15)21(22,23)24)6-7-33-18(10-20)17-9-19(25-26(17)13-31-2)34(27,28)16-11-32-12-16/h3-5,8-9,16,18H,6-7,10-13H2,1-2H3. The number of halogens is 3. The molecule has 0 amide bonds. The molecule has 1 aromatic heterocycles. The number of rotatable bonds is 7. The van der Waals surface area contributed by atoms with Gasteiger partial charge in [0.15, 0.2) is 14.9 Å². The van der Waals surface area contributed by atoms with Crippen molar-refractivity contribution >= 4 is 19.7 Å². The average Bonchev–Trinajstić information content (AvgIpc) is 3.17. The molecule has 2 aliphatic rings. The van der Waals surface area contributed by atoms with Crippen LogP contribution in [0.2, 0.25) is 0 Å². The minimum absolute atomic E-state index is 0.00390. The molecule has 4 rings (SSSR count). The number of methoxy groups -OCH3 is 1. The van der Waals surface area contributed by atoms with Crippen molar-refractivity contribution in [3.63, 3.8) is 0 Å². The van der Waals surface area contributed by atoms with E-state index in [9.17, 15) is 30.0 Å². The van der Waals surface area contributed by atoms with Gasteiger partial charge in [0, 0.05) is 19.8 Å². The molecule has 3 heterocycles. The Morgan fingerprint density at radius 2 is 1.91 bits per heavy atom. The third-order valence-electron chi connectivity index (χ3n) is 6.40. The molecule has 2 fully saturated rings. The van der Waals surface area contributed by atoms with Gasteiger partial charge < -0.3 is 14.2 Å². The molecule has 0 bridgehead atoms. The highest BCUT2D eigenvalue weighted by Gasteiger charge is 2.47. The summed E-state index contributed by atoms with van der Waals surface area (Å²) in [6, 6.07) is 4.98. The Balaban J connectivity index is 1.68. The van der Waals surface area contributed by atoms with E-state index < -0.39 is 52.4 Å². The van der Waals surface area contributed by atoms with Crippen LogP contribution in [0, 0.1) is 0 Å². The van der Waals surface area contributed by atoms with Gasteiger partial charge in [-0.05, 0) is 38.0 Å². The first-order valence-corrected chi connectivity index (χ1v) is 13.7. The highest BCUT2D eigenvalue weighted by atomic mass is 32.2. The van der Waals surface area contributed by atoms with Crippen LogP contribution in [-0.4, -0.2) is 63.5 Å². The quantitative estimate of drug-likeness (QED) is 0.529. The van der Waals surface area contributed by atoms with E-state index in [1.165, 1.54) is 24.8 Å². The number of hydrogen-bond acceptors (Lipinski definition) is 8. The average molecular weight is 539 g/mol. The minimum Gasteiger partial charge on any atom is -0.379 e. The first-order valence-electron chi connectivity index (χ1n) is 10.7. The normalized spacial score (nSPS) is 24.3. The molecule has 0 aliphatic carbocycles. The fraction of sp³-hybridized carbons (Fsp3) is 0.571. The summed E-state index contributed by atoms with van der Waals surface area (Å²) in [5, 5.41) is 3.23. The maximum Gasteiger partial charge on any atom is 0.416 e. The Labute approximate surface area is 201 Å². The van der Waals surface area contributed by atoms with E-state index in [-0.39, 0.29) is 44.4 Å². The second-order valence-corrected chi connectivity index (χ2v) is 13.5. The highest BCUT2D eigenvalue weighted by molar-refractivity contribution is 7.93. The van der Waals surface area contributed by atoms with E-state index in [1.54, 1.807) is 0 Å². The number of ether oxygens (including phenoxy) is 3. The van der Waals surface area contributed by atoms with Gasteiger partial charge in [-0.3, -0.25) is 0 Å². The van der Waals surface area contributed by atoms with Crippen LogP contribution in [0.25, 0.3) is 0 Å². The van der Waals surface area contributed by atoms with Crippen molar-refractivity contribution in [2.45, 2.75) is 58.7 Å². The lowest BCUT2D eigenvalue weighted by molar-refractivity contribution is -0.137. The number of benzene rings is 1. The van der Waals surface area contributed by atoms with Gasteiger partial charge >= 0.3 is 6.18 Å². The Bertz CT molecular complexity index is 1300. The second-order valence-electron chi connectivity index (χ2n) is 8.82. The molecule has 0 spiro atoms. The van der Waals surface area contributed by atoms with Crippen LogP contribution in [0.4, 0.5) is 13.2 Å². The van der Waals surface area contributed by atoms with Crippen LogP contribution in [0.5, 0.6) is 0 Å². The van der Waals surface area contributed by atoms with E-state index in [2.05, 4.69) is 5.10 Å². The van der Waals surface area contributed by atoms with Crippen molar-refractivity contribution in [3.8, 4) is 0 Å². The number of hydrogen-bond donors (Lipinski definition) is 0. The molecule has 0 N–H and O–H groups in total. The Kier molecular flexibility index (Phi) is 6.81. The summed E-state index contributed by atoms with van der Waals surface area (Å²) < 4.78 is 108. The van der Waals surface area contributed by atoms with Crippen LogP contribution in [0.3, 0.4) is 0 Å². The lowest BCUT2D eigenvalue weighted by Crippen LogP contribution is -2.42. The largest absolute Gasteiger partial charge is 0.416 e. The molecule has 2 unspecified atom stereocenters. The molecule has 9 nitrogen and oxygen atoms in total. The minimum atomic E-state index is -4.69. The predicted octanol–water partition coefficient (Wildman–Crippen LogP) is 2.76. The summed E-state index contributed by atoms with van der Waals surface area (Å²) in [6.07, 6.45) is -5.64. The highest BCUT2D eigenvalue weighted by Crippen LogP contribution is 2.43. The van der Waals surface area contributed by atoms with Crippen molar-refractivity contribution in [1.29, 1.82) is 0 Å². The predicted molar refractivity (Wildman–Crippen MR) is 116 cm³/mol. The molecule has 35 heavy (non-hydrogen) atoms. The number of alkyl halides is 3. The zero-order valence-corrected chi connectivity index (χ0v) is 20.6. The van der Waals surface area contributed by atoms with Gasteiger partial charge in [-0.2, -0.15) is 18.3 Å². The molecular formula is C21H25F3N2O7S2. The van der Waals surface area contributed by atoms with E-state index in [1.807, 2.05) is 0 Å². The molecular weight excluding hydrogens is 513 g/mol. The van der Waals surface area contributed by atoms with Gasteiger partial charge in [-0.15, -0.1) is 0 Å². The van der Waals surface area contributed by atoms with Crippen LogP contribution in [-0.2, 0) is 46.8 Å². The smallest absolute Gasteiger partial charge is 0.379 e. The Morgan fingerprint density at radius 1 is 1.20 bits per heavy atom. The summed E-state index contributed by atoms with van der Waals surface area (Å²) in [7, 11) is -6.60. The summed E-state index contributed by atoms with van der Waals surface area (Å²) in [5.41, 5.74) is -0.755. The molecule has 2 aliphatic heterocycles. The molecule has 14 heteroatoms. The SMILES string of the molecule is COCn1nc(S(=O)(=O)C2COC2)cc1C1CC(C)(S(=O)(=O)c2cccc(C(F)(F)F)c2)CCO1. The maximum atomic E-state index is 13.5. The molecule has 2 saturated heterocycles. The summed E-state index contributed by atoms with van der Waals surface area (Å²) in [6.45, 7) is 1.46. The third-order valence-corrected chi connectivity index (χ3v) is 10.9. The second kappa shape index (κ2) is 9.14. The van der Waals surface area contributed by atoms with Gasteiger partial charge in [0.2, 0.25) is 9.84 Å². The van der Waals surface area contributed by atoms with Crippen molar-refractivity contribution in [2.24, 2.45) is 0 Å². The first-order chi connectivity index (χ1) is 16.3. The zero-order valence-electron chi connectivity index (χ0n) is 19.0. The summed E-state index contributed by atoms with van der Waals surface area (Å²) >= 11 is 0. The molecule has 194 valence electrons. The fourth-order valence-electron chi connectivity index (χ4n) is 4.12. The van der Waals surface area contributed by atoms with Crippen LogP contribution >= 0.6 is 0 Å². The van der Waals surface area contributed by atoms with Gasteiger partial charge in [-0.1, -0.05) is 6.07 Å². The van der Waals surface area contributed by atoms with Gasteiger partial charge in [0.25, 0.3) is 0 Å². The molecule has 2 atom stereocenters. The number of nitrogens with zero attached hydrogens (tertiary/aromatic N) is 2. The number of sulfone groups is 2. The Hall–Kier alpha value is -2.00. The third kappa shape index (κ3) is 4.73. The van der Waals surface area contributed by atoms with Gasteiger partial charge in [0.1, 0.15) is 18.1 Å². The van der Waals surface area contributed by atoms with Crippen LogP contribution < -0.4 is 0 Å². The van der Waals surface area contributed by atoms with Crippen molar-refractivity contribution < 1.29 is 44.2 Å². The molecule has 0 radical (unpaired) electrons. The number of aromatic nitrogens is 2. The van der Waals surface area contributed by atoms with E-state index in [0.29, 0.717) is 11.8 Å². The van der Waals surface area contributed by atoms with E-state index in [0.717, 1.165) is 18.2 Å². The lowest BCUT2D eigenvalue weighted by atomic mass is 9.95. The Morgan fingerprint density at radius 3 is 2.51 bits per heavy atom. The summed E-state index contributed by atoms with van der Waals surface area (Å²) in [4.78, 5) is -0.436. The van der Waals surface area contributed by atoms with Crippen LogP contribution in [0.1, 0.15) is 37.1 Å². The van der Waals surface area contributed by atoms with Crippen molar-refractivity contribution in [3.05, 3.63) is 41.6 Å². The fourth-order valence-corrected chi connectivity index (χ4v) is 7.34. The molecule has 0 saturated carbocycles. The molecule has 1 aromatic carbocycles. The maximum absolute atomic E-state index is 13.5. The summed E-state index contributed by atoms with van der Waals surface area (Å²) in [5.74, 6) is 0. The first kappa shape index (κ1) is 26.1. The van der Waals surface area contributed by atoms with Gasteiger partial charge in [-0.25, -0.2) is 21.5 Å². The zero-order chi connectivity index (χ0) is 25.6. The molecule has 2 aromatic rings. The van der Waals surface area contributed by atoms with Crippen molar-refractivity contribution in [2.75, 3.05) is 26.9 Å². The van der Waals surface area contributed by atoms with E-state index >= 15 is 0 Å². The van der Waals surface area contributed by atoms with Crippen LogP contribution in [0.15, 0.2) is 40.3 Å². The van der Waals surface area contributed by atoms with Crippen molar-refractivity contribution in [1.82, 2.24) is 9.78 Å².